The van der Waals surface area contributed by atoms with Crippen molar-refractivity contribution in [3.05, 3.63) is 12.7 Å². The van der Waals surface area contributed by atoms with Gasteiger partial charge >= 0.3 is 0 Å². The number of unbranched alkanes of at least 4 members (excludes halogenated alkanes) is 2. The van der Waals surface area contributed by atoms with Crippen molar-refractivity contribution in [3.63, 3.8) is 0 Å². The number of carbonyl (C=O) groups excluding carboxylic acids is 2. The smallest absolute Gasteiger partial charge is 0.222 e. The molecule has 68 valence electrons. The summed E-state index contributed by atoms with van der Waals surface area (Å²) in [5.74, 6) is 0. The standard InChI is InChI=1S/C6H12.2CHNO/c1-3-5-6-4-2;2*2-1-3/h3H,1,4-6H2,2H3;2*2H. The second kappa shape index (κ2) is 33.9. The highest BCUT2D eigenvalue weighted by Gasteiger charge is 1.71. The predicted molar refractivity (Wildman–Crippen MR) is 46.5 cm³/mol. The monoisotopic (exact) mass is 170 g/mol. The first kappa shape index (κ1) is 16.8. The summed E-state index contributed by atoms with van der Waals surface area (Å²) in [6.07, 6.45) is 7.22. The zero-order valence-electron chi connectivity index (χ0n) is 7.22. The minimum absolute atomic E-state index is 0.750. The number of rotatable bonds is 3. The second-order valence-electron chi connectivity index (χ2n) is 1.64. The molecule has 0 aromatic rings. The van der Waals surface area contributed by atoms with Crippen molar-refractivity contribution in [1.82, 2.24) is 0 Å². The summed E-state index contributed by atoms with van der Waals surface area (Å²) in [6, 6.07) is 0. The Morgan fingerprint density at radius 2 is 1.67 bits per heavy atom. The van der Waals surface area contributed by atoms with Crippen molar-refractivity contribution < 1.29 is 9.59 Å². The van der Waals surface area contributed by atoms with Gasteiger partial charge in [-0.25, -0.2) is 20.4 Å². The molecule has 0 atom stereocenters. The summed E-state index contributed by atoms with van der Waals surface area (Å²) in [4.78, 5) is 16.7. The van der Waals surface area contributed by atoms with Gasteiger partial charge in [0.2, 0.25) is 12.2 Å². The van der Waals surface area contributed by atoms with E-state index in [9.17, 15) is 0 Å². The fourth-order valence-electron chi connectivity index (χ4n) is 0.348. The van der Waals surface area contributed by atoms with Crippen molar-refractivity contribution in [2.24, 2.45) is 0 Å². The highest BCUT2D eigenvalue weighted by molar-refractivity contribution is 5.26. The quantitative estimate of drug-likeness (QED) is 0.294. The molecule has 0 bridgehead atoms. The Kier molecular flexibility index (Phi) is 47.6. The lowest BCUT2D eigenvalue weighted by Gasteiger charge is -1.81. The lowest BCUT2D eigenvalue weighted by atomic mass is 10.3. The number of isocyanates is 2. The number of allylic oxidation sites excluding steroid dienone is 1. The molecule has 0 aliphatic carbocycles. The van der Waals surface area contributed by atoms with E-state index in [-0.39, 0.29) is 0 Å². The Morgan fingerprint density at radius 3 is 1.75 bits per heavy atom. The average Bonchev–Trinajstić information content (AvgIpc) is 2.04. The molecule has 0 aromatic heterocycles. The molecule has 0 aliphatic heterocycles. The fourth-order valence-corrected chi connectivity index (χ4v) is 0.348. The van der Waals surface area contributed by atoms with E-state index in [1.165, 1.54) is 19.3 Å². The topological polar surface area (TPSA) is 81.8 Å². The van der Waals surface area contributed by atoms with Crippen LogP contribution in [-0.4, -0.2) is 12.2 Å². The highest BCUT2D eigenvalue weighted by atomic mass is 16.1. The van der Waals surface area contributed by atoms with Crippen LogP contribution in [0.2, 0.25) is 0 Å². The number of hydrogen-bond donors (Lipinski definition) is 2. The van der Waals surface area contributed by atoms with E-state index in [0.717, 1.165) is 12.2 Å². The Labute approximate surface area is 72.3 Å². The lowest BCUT2D eigenvalue weighted by molar-refractivity contribution is 0.562. The van der Waals surface area contributed by atoms with Gasteiger partial charge in [-0.2, -0.15) is 0 Å². The van der Waals surface area contributed by atoms with Gasteiger partial charge in [-0.1, -0.05) is 25.8 Å². The maximum Gasteiger partial charge on any atom is 0.231 e. The van der Waals surface area contributed by atoms with E-state index in [4.69, 9.17) is 20.4 Å². The first-order valence-electron chi connectivity index (χ1n) is 3.43. The van der Waals surface area contributed by atoms with Crippen molar-refractivity contribution in [2.75, 3.05) is 0 Å². The van der Waals surface area contributed by atoms with Crippen LogP contribution >= 0.6 is 0 Å². The molecule has 0 rings (SSSR count). The molecule has 0 radical (unpaired) electrons. The summed E-state index contributed by atoms with van der Waals surface area (Å²) >= 11 is 0. The van der Waals surface area contributed by atoms with Gasteiger partial charge in [-0.3, -0.25) is 0 Å². The molecule has 0 fully saturated rings. The van der Waals surface area contributed by atoms with E-state index in [2.05, 4.69) is 13.5 Å². The highest BCUT2D eigenvalue weighted by Crippen LogP contribution is 1.91. The van der Waals surface area contributed by atoms with Crippen LogP contribution in [-0.2, 0) is 9.59 Å². The predicted octanol–water partition coefficient (Wildman–Crippen LogP) is 2.16. The van der Waals surface area contributed by atoms with Crippen LogP contribution in [0.5, 0.6) is 0 Å². The SMILES string of the molecule is C=CCCCC.N=C=O.N=C=O. The van der Waals surface area contributed by atoms with Crippen LogP contribution in [0.15, 0.2) is 12.7 Å². The zero-order valence-corrected chi connectivity index (χ0v) is 7.22. The summed E-state index contributed by atoms with van der Waals surface area (Å²) in [6.45, 7) is 5.78. The molecular formula is C8H14N2O2. The number of hydrogen-bond acceptors (Lipinski definition) is 4. The Morgan fingerprint density at radius 1 is 1.33 bits per heavy atom. The third kappa shape index (κ3) is 212. The van der Waals surface area contributed by atoms with Crippen molar-refractivity contribution in [1.29, 1.82) is 10.8 Å². The molecule has 0 spiro atoms. The van der Waals surface area contributed by atoms with Gasteiger partial charge in [0.05, 0.1) is 0 Å². The first-order valence-corrected chi connectivity index (χ1v) is 3.43. The van der Waals surface area contributed by atoms with E-state index >= 15 is 0 Å². The van der Waals surface area contributed by atoms with Gasteiger partial charge in [0.15, 0.2) is 0 Å². The van der Waals surface area contributed by atoms with Crippen LogP contribution in [0.1, 0.15) is 26.2 Å². The maximum absolute atomic E-state index is 8.35. The molecule has 0 saturated heterocycles. The van der Waals surface area contributed by atoms with Gasteiger partial charge in [0.25, 0.3) is 0 Å². The minimum atomic E-state index is 0.750. The zero-order chi connectivity index (χ0) is 10.2. The summed E-state index contributed by atoms with van der Waals surface area (Å²) in [5, 5.41) is 10.8. The first-order chi connectivity index (χ1) is 5.74. The van der Waals surface area contributed by atoms with E-state index in [0.29, 0.717) is 0 Å². The molecule has 0 unspecified atom stereocenters. The van der Waals surface area contributed by atoms with Crippen molar-refractivity contribution >= 4 is 12.2 Å². The average molecular weight is 170 g/mol. The molecule has 12 heavy (non-hydrogen) atoms. The van der Waals surface area contributed by atoms with E-state index in [1.54, 1.807) is 0 Å². The van der Waals surface area contributed by atoms with Gasteiger partial charge < -0.3 is 0 Å². The second-order valence-corrected chi connectivity index (χ2v) is 1.64. The Balaban J connectivity index is -0.000000115. The fraction of sp³-hybridized carbons (Fsp3) is 0.500. The summed E-state index contributed by atoms with van der Waals surface area (Å²) < 4.78 is 0. The van der Waals surface area contributed by atoms with Gasteiger partial charge in [0.1, 0.15) is 0 Å². The van der Waals surface area contributed by atoms with Gasteiger partial charge in [0, 0.05) is 0 Å². The van der Waals surface area contributed by atoms with E-state index < -0.39 is 0 Å². The normalized spacial score (nSPS) is 5.42. The molecule has 0 aromatic carbocycles. The Bertz CT molecular complexity index is 131. The third-order valence-electron chi connectivity index (χ3n) is 0.762. The molecule has 0 aliphatic rings. The van der Waals surface area contributed by atoms with Crippen LogP contribution in [0.4, 0.5) is 0 Å². The van der Waals surface area contributed by atoms with Crippen molar-refractivity contribution in [3.8, 4) is 0 Å². The maximum atomic E-state index is 8.35. The molecule has 0 heterocycles. The van der Waals surface area contributed by atoms with Crippen LogP contribution < -0.4 is 0 Å². The number of nitrogens with one attached hydrogen (secondary N) is 2. The third-order valence-corrected chi connectivity index (χ3v) is 0.762. The molecule has 4 nitrogen and oxygen atoms in total. The van der Waals surface area contributed by atoms with Gasteiger partial charge in [-0.05, 0) is 6.42 Å². The van der Waals surface area contributed by atoms with Crippen LogP contribution in [0, 0.1) is 10.8 Å². The van der Waals surface area contributed by atoms with Crippen LogP contribution in [0.25, 0.3) is 0 Å². The lowest BCUT2D eigenvalue weighted by Crippen LogP contribution is -1.61. The molecule has 4 heteroatoms. The van der Waals surface area contributed by atoms with Crippen LogP contribution in [0.3, 0.4) is 0 Å². The van der Waals surface area contributed by atoms with Gasteiger partial charge in [-0.15, -0.1) is 6.58 Å². The molecule has 2 N–H and O–H groups in total. The molecule has 0 saturated carbocycles. The Hall–Kier alpha value is -1.50. The van der Waals surface area contributed by atoms with E-state index in [1.807, 2.05) is 6.08 Å². The summed E-state index contributed by atoms with van der Waals surface area (Å²) in [7, 11) is 0. The molecular weight excluding hydrogens is 156 g/mol. The molecule has 0 amide bonds. The summed E-state index contributed by atoms with van der Waals surface area (Å²) in [5.41, 5.74) is 0. The minimum Gasteiger partial charge on any atom is -0.222 e. The van der Waals surface area contributed by atoms with Crippen molar-refractivity contribution in [2.45, 2.75) is 26.2 Å². The largest absolute Gasteiger partial charge is 0.231 e.